The fourth-order valence-electron chi connectivity index (χ4n) is 5.03. The third kappa shape index (κ3) is 7.43. The van der Waals surface area contributed by atoms with Crippen LogP contribution in [-0.2, 0) is 26.2 Å². The van der Waals surface area contributed by atoms with Gasteiger partial charge in [0.15, 0.2) is 0 Å². The van der Waals surface area contributed by atoms with Crippen LogP contribution in [0.2, 0.25) is 0 Å². The maximum absolute atomic E-state index is 14.2. The highest BCUT2D eigenvalue weighted by Crippen LogP contribution is 2.36. The Hall–Kier alpha value is -3.57. The normalized spacial score (nSPS) is 14.2. The summed E-state index contributed by atoms with van der Waals surface area (Å²) in [6.45, 7) is 1.20. The molecule has 9 nitrogen and oxygen atoms in total. The minimum Gasteiger partial charge on any atom is -0.497 e. The lowest BCUT2D eigenvalue weighted by Gasteiger charge is -2.33. The molecule has 3 aromatic carbocycles. The molecule has 4 rings (SSSR count). The average Bonchev–Trinajstić information content (AvgIpc) is 3.51. The number of rotatable bonds is 12. The summed E-state index contributed by atoms with van der Waals surface area (Å²) in [6, 6.07) is 19.3. The van der Waals surface area contributed by atoms with Gasteiger partial charge in [0.25, 0.3) is 10.0 Å². The molecule has 1 fully saturated rings. The third-order valence-electron chi connectivity index (χ3n) is 7.38. The first-order valence-corrected chi connectivity index (χ1v) is 16.0. The van der Waals surface area contributed by atoms with E-state index in [1.165, 1.54) is 37.3 Å². The number of methoxy groups -OCH3 is 2. The predicted molar refractivity (Wildman–Crippen MR) is 165 cm³/mol. The van der Waals surface area contributed by atoms with Crippen molar-refractivity contribution in [3.63, 3.8) is 0 Å². The summed E-state index contributed by atoms with van der Waals surface area (Å²) in [4.78, 5) is 29.0. The van der Waals surface area contributed by atoms with Crippen LogP contribution in [0.15, 0.2) is 82.2 Å². The van der Waals surface area contributed by atoms with Crippen LogP contribution in [0.3, 0.4) is 0 Å². The number of benzene rings is 3. The molecule has 0 spiro atoms. The van der Waals surface area contributed by atoms with Gasteiger partial charge in [0.1, 0.15) is 24.1 Å². The Morgan fingerprint density at radius 2 is 1.69 bits per heavy atom. The number of carbonyl (C=O) groups is 2. The highest BCUT2D eigenvalue weighted by Gasteiger charge is 2.34. The van der Waals surface area contributed by atoms with E-state index in [1.807, 2.05) is 24.3 Å². The van der Waals surface area contributed by atoms with E-state index in [1.54, 1.807) is 37.3 Å². The molecular weight excluding hydrogens is 622 g/mol. The van der Waals surface area contributed by atoms with E-state index in [0.29, 0.717) is 5.75 Å². The number of anilines is 1. The lowest BCUT2D eigenvalue weighted by molar-refractivity contribution is -0.139. The van der Waals surface area contributed by atoms with Gasteiger partial charge in [-0.3, -0.25) is 13.9 Å². The van der Waals surface area contributed by atoms with Crippen molar-refractivity contribution in [2.45, 2.75) is 56.1 Å². The number of amides is 2. The number of nitrogens with zero attached hydrogens (tertiary/aromatic N) is 2. The second-order valence-electron chi connectivity index (χ2n) is 10.2. The zero-order valence-electron chi connectivity index (χ0n) is 24.0. The minimum atomic E-state index is -4.24. The number of halogens is 1. The second-order valence-corrected chi connectivity index (χ2v) is 13.0. The highest BCUT2D eigenvalue weighted by atomic mass is 79.9. The van der Waals surface area contributed by atoms with Crippen molar-refractivity contribution < 1.29 is 27.5 Å². The largest absolute Gasteiger partial charge is 0.497 e. The van der Waals surface area contributed by atoms with Crippen LogP contribution in [0.1, 0.15) is 38.2 Å². The lowest BCUT2D eigenvalue weighted by atomic mass is 10.1. The van der Waals surface area contributed by atoms with Gasteiger partial charge in [0.2, 0.25) is 11.8 Å². The summed E-state index contributed by atoms with van der Waals surface area (Å²) in [5.41, 5.74) is 0.925. The molecular formula is C31H36BrN3O6S. The Kier molecular flexibility index (Phi) is 10.5. The number of hydrogen-bond acceptors (Lipinski definition) is 6. The summed E-state index contributed by atoms with van der Waals surface area (Å²) in [5.74, 6) is -0.189. The van der Waals surface area contributed by atoms with Gasteiger partial charge in [-0.2, -0.15) is 0 Å². The molecule has 0 heterocycles. The number of hydrogen-bond donors (Lipinski definition) is 1. The van der Waals surface area contributed by atoms with E-state index in [4.69, 9.17) is 9.47 Å². The molecule has 11 heteroatoms. The summed E-state index contributed by atoms with van der Waals surface area (Å²) in [7, 11) is -1.35. The van der Waals surface area contributed by atoms with Crippen LogP contribution in [-0.4, -0.2) is 58.0 Å². The lowest BCUT2D eigenvalue weighted by Crippen LogP contribution is -2.52. The first-order chi connectivity index (χ1) is 20.1. The molecule has 1 atom stereocenters. The van der Waals surface area contributed by atoms with Crippen LogP contribution in [0.5, 0.6) is 11.5 Å². The summed E-state index contributed by atoms with van der Waals surface area (Å²) in [6.07, 6.45) is 3.90. The number of ether oxygens (including phenoxy) is 2. The van der Waals surface area contributed by atoms with Gasteiger partial charge in [-0.1, -0.05) is 59.1 Å². The monoisotopic (exact) mass is 657 g/mol. The molecule has 1 aliphatic carbocycles. The molecule has 0 radical (unpaired) electrons. The molecule has 42 heavy (non-hydrogen) atoms. The Morgan fingerprint density at radius 1 is 0.976 bits per heavy atom. The minimum absolute atomic E-state index is 0.00763. The van der Waals surface area contributed by atoms with Crippen molar-refractivity contribution in [1.29, 1.82) is 0 Å². The SMILES string of the molecule is COc1ccc(OC)c(N(CC(=O)N(Cc2cccc(Br)c2)[C@@H](C)C(=O)NC2CCCC2)S(=O)(=O)c2ccccc2)c1. The molecule has 2 amide bonds. The fourth-order valence-corrected chi connectivity index (χ4v) is 6.92. The van der Waals surface area contributed by atoms with Crippen molar-refractivity contribution >= 4 is 43.5 Å². The van der Waals surface area contributed by atoms with Crippen LogP contribution in [0.25, 0.3) is 0 Å². The van der Waals surface area contributed by atoms with Crippen molar-refractivity contribution in [1.82, 2.24) is 10.2 Å². The molecule has 1 N–H and O–H groups in total. The number of nitrogens with one attached hydrogen (secondary N) is 1. The quantitative estimate of drug-likeness (QED) is 0.289. The van der Waals surface area contributed by atoms with E-state index >= 15 is 0 Å². The molecule has 0 saturated heterocycles. The van der Waals surface area contributed by atoms with Gasteiger partial charge < -0.3 is 19.7 Å². The second kappa shape index (κ2) is 14.1. The average molecular weight is 659 g/mol. The van der Waals surface area contributed by atoms with Crippen LogP contribution < -0.4 is 19.1 Å². The van der Waals surface area contributed by atoms with E-state index in [9.17, 15) is 18.0 Å². The van der Waals surface area contributed by atoms with Crippen LogP contribution in [0.4, 0.5) is 5.69 Å². The molecule has 0 bridgehead atoms. The highest BCUT2D eigenvalue weighted by molar-refractivity contribution is 9.10. The molecule has 0 unspecified atom stereocenters. The Morgan fingerprint density at radius 3 is 2.33 bits per heavy atom. The van der Waals surface area contributed by atoms with Crippen molar-refractivity contribution in [2.75, 3.05) is 25.1 Å². The standard InChI is InChI=1S/C31H36BrN3O6S/c1-22(31(37)33-25-12-7-8-13-25)34(20-23-10-9-11-24(32)18-23)30(36)21-35(42(38,39)27-14-5-4-6-15-27)28-19-26(40-2)16-17-29(28)41-3/h4-6,9-11,14-19,22,25H,7-8,12-13,20-21H2,1-3H3,(H,33,37)/t22-/m0/s1. The van der Waals surface area contributed by atoms with Gasteiger partial charge in [0.05, 0.1) is 24.8 Å². The Balaban J connectivity index is 1.75. The summed E-state index contributed by atoms with van der Waals surface area (Å²) >= 11 is 3.47. The van der Waals surface area contributed by atoms with Crippen LogP contribution >= 0.6 is 15.9 Å². The zero-order chi connectivity index (χ0) is 30.3. The van der Waals surface area contributed by atoms with Gasteiger partial charge >= 0.3 is 0 Å². The smallest absolute Gasteiger partial charge is 0.264 e. The maximum Gasteiger partial charge on any atom is 0.264 e. The number of carbonyl (C=O) groups excluding carboxylic acids is 2. The van der Waals surface area contributed by atoms with E-state index in [2.05, 4.69) is 21.2 Å². The first-order valence-electron chi connectivity index (χ1n) is 13.8. The van der Waals surface area contributed by atoms with Crippen LogP contribution in [0, 0.1) is 0 Å². The van der Waals surface area contributed by atoms with E-state index < -0.39 is 28.5 Å². The van der Waals surface area contributed by atoms with E-state index in [0.717, 1.165) is 40.0 Å². The van der Waals surface area contributed by atoms with Crippen molar-refractivity contribution in [3.05, 3.63) is 82.8 Å². The van der Waals surface area contributed by atoms with E-state index in [-0.39, 0.29) is 34.8 Å². The third-order valence-corrected chi connectivity index (χ3v) is 9.64. The molecule has 1 saturated carbocycles. The predicted octanol–water partition coefficient (Wildman–Crippen LogP) is 5.14. The van der Waals surface area contributed by atoms with Gasteiger partial charge in [-0.15, -0.1) is 0 Å². The maximum atomic E-state index is 14.2. The van der Waals surface area contributed by atoms with Gasteiger partial charge in [-0.05, 0) is 61.7 Å². The molecule has 0 aliphatic heterocycles. The molecule has 3 aromatic rings. The molecule has 224 valence electrons. The van der Waals surface area contributed by atoms with Crippen molar-refractivity contribution in [3.8, 4) is 11.5 Å². The Labute approximate surface area is 256 Å². The fraction of sp³-hybridized carbons (Fsp3) is 0.355. The topological polar surface area (TPSA) is 105 Å². The first kappa shape index (κ1) is 31.4. The number of sulfonamides is 1. The zero-order valence-corrected chi connectivity index (χ0v) is 26.4. The Bertz CT molecular complexity index is 1500. The van der Waals surface area contributed by atoms with Gasteiger partial charge in [-0.25, -0.2) is 8.42 Å². The van der Waals surface area contributed by atoms with Gasteiger partial charge in [0, 0.05) is 23.1 Å². The van der Waals surface area contributed by atoms with Crippen molar-refractivity contribution in [2.24, 2.45) is 0 Å². The molecule has 0 aromatic heterocycles. The molecule has 1 aliphatic rings. The summed E-state index contributed by atoms with van der Waals surface area (Å²) in [5, 5.41) is 3.08. The summed E-state index contributed by atoms with van der Waals surface area (Å²) < 4.78 is 40.9.